The highest BCUT2D eigenvalue weighted by Crippen LogP contribution is 2.26. The van der Waals surface area contributed by atoms with Crippen molar-refractivity contribution in [3.63, 3.8) is 0 Å². The topological polar surface area (TPSA) is 212 Å². The Bertz CT molecular complexity index is 1190. The lowest BCUT2D eigenvalue weighted by Gasteiger charge is -2.15. The van der Waals surface area contributed by atoms with E-state index in [-0.39, 0.29) is 27.7 Å². The summed E-state index contributed by atoms with van der Waals surface area (Å²) in [6, 6.07) is 9.54. The summed E-state index contributed by atoms with van der Waals surface area (Å²) < 4.78 is 10.4. The Morgan fingerprint density at radius 3 is 2.28 bits per heavy atom. The second kappa shape index (κ2) is 12.6. The van der Waals surface area contributed by atoms with Crippen LogP contribution < -0.4 is 20.5 Å². The normalized spacial score (nSPS) is 10.9. The van der Waals surface area contributed by atoms with Crippen molar-refractivity contribution >= 4 is 40.7 Å². The third-order valence-corrected chi connectivity index (χ3v) is 4.32. The van der Waals surface area contributed by atoms with Crippen LogP contribution in [0.2, 0.25) is 0 Å². The number of thiocarbonyl (C=S) groups is 1. The van der Waals surface area contributed by atoms with E-state index in [9.17, 15) is 34.6 Å². The van der Waals surface area contributed by atoms with Crippen LogP contribution in [0.5, 0.6) is 11.5 Å². The number of rotatable bonds is 12. The lowest BCUT2D eigenvalue weighted by Crippen LogP contribution is -2.29. The molecule has 2 rings (SSSR count). The molecular formula is C20H18N4O11S. The molecule has 0 radical (unpaired) electrons. The van der Waals surface area contributed by atoms with Crippen LogP contribution in [0.25, 0.3) is 0 Å². The summed E-state index contributed by atoms with van der Waals surface area (Å²) >= 11 is 4.86. The van der Waals surface area contributed by atoms with Crippen molar-refractivity contribution in [2.24, 2.45) is 5.73 Å². The average Bonchev–Trinajstić information content (AvgIpc) is 2.78. The molecule has 0 aliphatic heterocycles. The summed E-state index contributed by atoms with van der Waals surface area (Å²) in [5.74, 6) is -2.80. The van der Waals surface area contributed by atoms with Gasteiger partial charge in [0, 0.05) is 18.2 Å². The highest BCUT2D eigenvalue weighted by molar-refractivity contribution is 7.80. The monoisotopic (exact) mass is 522 g/mol. The van der Waals surface area contributed by atoms with Crippen LogP contribution in [-0.4, -0.2) is 45.7 Å². The fraction of sp³-hybridized carbons (Fsp3) is 0.200. The summed E-state index contributed by atoms with van der Waals surface area (Å²) in [6.07, 6.45) is -2.50. The number of amides is 1. The molecule has 36 heavy (non-hydrogen) atoms. The van der Waals surface area contributed by atoms with Gasteiger partial charge >= 0.3 is 11.9 Å². The first-order chi connectivity index (χ1) is 16.9. The molecular weight excluding hydrogens is 504 g/mol. The zero-order valence-electron chi connectivity index (χ0n) is 18.4. The number of carbonyl (C=O) groups is 3. The summed E-state index contributed by atoms with van der Waals surface area (Å²) in [5.41, 5.74) is 5.94. The molecule has 0 saturated carbocycles. The number of nitrogens with one attached hydrogen (secondary N) is 1. The van der Waals surface area contributed by atoms with E-state index in [1.807, 2.05) is 0 Å². The third kappa shape index (κ3) is 8.82. The van der Waals surface area contributed by atoms with Crippen molar-refractivity contribution in [2.75, 3.05) is 11.9 Å². The molecule has 0 fully saturated rings. The molecule has 3 N–H and O–H groups in total. The Hall–Kier alpha value is -4.86. The number of hydrogen-bond acceptors (Lipinski definition) is 12. The summed E-state index contributed by atoms with van der Waals surface area (Å²) in [5, 5.41) is 20.9. The van der Waals surface area contributed by atoms with Crippen molar-refractivity contribution in [3.05, 3.63) is 73.8 Å². The first-order valence-electron chi connectivity index (χ1n) is 9.77. The molecule has 1 atom stereocenters. The zero-order chi connectivity index (χ0) is 26.8. The van der Waals surface area contributed by atoms with E-state index in [0.29, 0.717) is 5.56 Å². The summed E-state index contributed by atoms with van der Waals surface area (Å²) in [4.78, 5) is 65.8. The number of benzene rings is 2. The van der Waals surface area contributed by atoms with E-state index in [0.717, 1.165) is 0 Å². The molecule has 0 spiro atoms. The molecule has 0 bridgehead atoms. The van der Waals surface area contributed by atoms with Crippen LogP contribution in [0, 0.1) is 20.2 Å². The van der Waals surface area contributed by atoms with Crippen LogP contribution >= 0.6 is 12.2 Å². The standard InChI is InChI=1S/C20H18N4O11S/c1-11(25)22-13-4-7-17(34-18(26)9-15(35-24(30)31)10-32-23(28)29)16(8-13)20(27)33-14-5-2-12(3-6-14)19(21)36/h2-8,15H,9-10H2,1H3,(H2,21,36)(H,22,25). The summed E-state index contributed by atoms with van der Waals surface area (Å²) in [7, 11) is 0. The SMILES string of the molecule is CC(=O)Nc1ccc(OC(=O)CC(CO[N+](=O)[O-])O[N+](=O)[O-])c(C(=O)Oc2ccc(C(N)=S)cc2)c1. The Balaban J connectivity index is 2.25. The lowest BCUT2D eigenvalue weighted by molar-refractivity contribution is -0.789. The number of esters is 2. The largest absolute Gasteiger partial charge is 0.426 e. The van der Waals surface area contributed by atoms with Crippen LogP contribution in [0.3, 0.4) is 0 Å². The van der Waals surface area contributed by atoms with E-state index in [1.165, 1.54) is 49.4 Å². The molecule has 16 heteroatoms. The number of anilines is 1. The zero-order valence-corrected chi connectivity index (χ0v) is 19.2. The smallest absolute Gasteiger partial charge is 0.347 e. The van der Waals surface area contributed by atoms with Crippen molar-refractivity contribution in [1.82, 2.24) is 0 Å². The molecule has 1 amide bonds. The molecule has 190 valence electrons. The summed E-state index contributed by atoms with van der Waals surface area (Å²) in [6.45, 7) is 0.305. The predicted molar refractivity (Wildman–Crippen MR) is 123 cm³/mol. The van der Waals surface area contributed by atoms with Crippen LogP contribution in [-0.2, 0) is 19.3 Å². The quantitative estimate of drug-likeness (QED) is 0.133. The van der Waals surface area contributed by atoms with Gasteiger partial charge in [-0.3, -0.25) is 9.59 Å². The fourth-order valence-corrected chi connectivity index (χ4v) is 2.79. The van der Waals surface area contributed by atoms with E-state index in [1.54, 1.807) is 0 Å². The molecule has 0 aliphatic rings. The van der Waals surface area contributed by atoms with Gasteiger partial charge in [0.1, 0.15) is 34.8 Å². The van der Waals surface area contributed by atoms with Crippen LogP contribution in [0.4, 0.5) is 5.69 Å². The van der Waals surface area contributed by atoms with Gasteiger partial charge in [-0.05, 0) is 42.5 Å². The minimum Gasteiger partial charge on any atom is -0.426 e. The number of ether oxygens (including phenoxy) is 2. The Kier molecular flexibility index (Phi) is 9.55. The van der Waals surface area contributed by atoms with E-state index in [4.69, 9.17) is 27.4 Å². The second-order valence-corrected chi connectivity index (χ2v) is 7.26. The molecule has 1 unspecified atom stereocenters. The molecule has 2 aromatic carbocycles. The highest BCUT2D eigenvalue weighted by atomic mass is 32.1. The molecule has 0 saturated heterocycles. The molecule has 0 heterocycles. The van der Waals surface area contributed by atoms with Crippen molar-refractivity contribution < 1.29 is 43.7 Å². The molecule has 15 nitrogen and oxygen atoms in total. The van der Waals surface area contributed by atoms with E-state index < -0.39 is 47.2 Å². The highest BCUT2D eigenvalue weighted by Gasteiger charge is 2.24. The van der Waals surface area contributed by atoms with E-state index >= 15 is 0 Å². The Morgan fingerprint density at radius 1 is 1.06 bits per heavy atom. The van der Waals surface area contributed by atoms with E-state index in [2.05, 4.69) is 15.0 Å². The Labute approximate surface area is 207 Å². The van der Waals surface area contributed by atoms with Gasteiger partial charge < -0.3 is 30.2 Å². The van der Waals surface area contributed by atoms with Gasteiger partial charge in [0.15, 0.2) is 0 Å². The minimum absolute atomic E-state index is 0.0959. The third-order valence-electron chi connectivity index (χ3n) is 4.09. The maximum Gasteiger partial charge on any atom is 0.347 e. The molecule has 2 aromatic rings. The maximum absolute atomic E-state index is 12.8. The fourth-order valence-electron chi connectivity index (χ4n) is 2.65. The molecule has 0 aliphatic carbocycles. The van der Waals surface area contributed by atoms with Gasteiger partial charge in [-0.25, -0.2) is 4.79 Å². The number of hydrogen-bond donors (Lipinski definition) is 2. The van der Waals surface area contributed by atoms with Crippen LogP contribution in [0.1, 0.15) is 29.3 Å². The van der Waals surface area contributed by atoms with Gasteiger partial charge in [0.2, 0.25) is 5.91 Å². The van der Waals surface area contributed by atoms with Gasteiger partial charge in [-0.1, -0.05) is 12.2 Å². The first-order valence-corrected chi connectivity index (χ1v) is 10.2. The van der Waals surface area contributed by atoms with Gasteiger partial charge in [-0.2, -0.15) is 0 Å². The predicted octanol–water partition coefficient (Wildman–Crippen LogP) is 1.58. The number of carbonyl (C=O) groups excluding carboxylic acids is 3. The van der Waals surface area contributed by atoms with Gasteiger partial charge in [0.25, 0.3) is 10.2 Å². The van der Waals surface area contributed by atoms with Crippen molar-refractivity contribution in [2.45, 2.75) is 19.4 Å². The average molecular weight is 522 g/mol. The molecule has 0 aromatic heterocycles. The second-order valence-electron chi connectivity index (χ2n) is 6.82. The number of nitrogens with zero attached hydrogens (tertiary/aromatic N) is 2. The number of nitrogens with two attached hydrogens (primary N) is 1. The van der Waals surface area contributed by atoms with Gasteiger partial charge in [0.05, 0.1) is 6.42 Å². The lowest BCUT2D eigenvalue weighted by atomic mass is 10.1. The Morgan fingerprint density at radius 2 is 1.72 bits per heavy atom. The van der Waals surface area contributed by atoms with Crippen molar-refractivity contribution in [1.29, 1.82) is 0 Å². The minimum atomic E-state index is -1.67. The van der Waals surface area contributed by atoms with Gasteiger partial charge in [-0.15, -0.1) is 20.2 Å². The maximum atomic E-state index is 12.8. The van der Waals surface area contributed by atoms with Crippen LogP contribution in [0.15, 0.2) is 42.5 Å². The first kappa shape index (κ1) is 27.4. The van der Waals surface area contributed by atoms with Crippen molar-refractivity contribution in [3.8, 4) is 11.5 Å².